The number of fused-ring (bicyclic) bond motifs is 1. The minimum atomic E-state index is -0.866. The second-order valence-corrected chi connectivity index (χ2v) is 7.26. The molecule has 4 rings (SSSR count). The van der Waals surface area contributed by atoms with Gasteiger partial charge in [0.15, 0.2) is 5.79 Å². The molecule has 0 saturated carbocycles. The van der Waals surface area contributed by atoms with Gasteiger partial charge in [0, 0.05) is 49.4 Å². The number of nitrogens with zero attached hydrogens (tertiary/aromatic N) is 2. The highest BCUT2D eigenvalue weighted by Gasteiger charge is 2.24. The third kappa shape index (κ3) is 4.46. The number of amidine groups is 1. The third-order valence-corrected chi connectivity index (χ3v) is 5.21. The molecular weight excluding hydrogens is 356 g/mol. The van der Waals surface area contributed by atoms with Gasteiger partial charge in [0.05, 0.1) is 13.2 Å². The zero-order chi connectivity index (χ0) is 19.4. The lowest BCUT2D eigenvalue weighted by Crippen LogP contribution is -2.52. The highest BCUT2D eigenvalue weighted by Crippen LogP contribution is 2.26. The number of H-pyrrole nitrogens is 1. The number of aromatic amines is 1. The molecule has 1 unspecified atom stereocenters. The lowest BCUT2D eigenvalue weighted by atomic mass is 10.0. The topological polar surface area (TPSA) is 114 Å². The number of aromatic nitrogens is 1. The lowest BCUT2D eigenvalue weighted by Gasteiger charge is -2.28. The molecule has 6 N–H and O–H groups in total. The Balaban J connectivity index is 1.38. The molecule has 1 fully saturated rings. The van der Waals surface area contributed by atoms with Gasteiger partial charge >= 0.3 is 0 Å². The SMILES string of the molecule is NC1=NC(N)(CCc2c[nH]c3ccc(OCCN4CCOCC4)cc23)NC=C1. The summed E-state index contributed by atoms with van der Waals surface area (Å²) in [4.78, 5) is 10.0. The van der Waals surface area contributed by atoms with E-state index in [0.717, 1.165) is 55.9 Å². The Labute approximate surface area is 164 Å². The first-order chi connectivity index (χ1) is 13.6. The quantitative estimate of drug-likeness (QED) is 0.564. The second kappa shape index (κ2) is 8.22. The van der Waals surface area contributed by atoms with Crippen LogP contribution in [0.3, 0.4) is 0 Å². The Morgan fingerprint density at radius 3 is 2.96 bits per heavy atom. The fraction of sp³-hybridized carbons (Fsp3) is 0.450. The van der Waals surface area contributed by atoms with E-state index in [1.54, 1.807) is 12.3 Å². The van der Waals surface area contributed by atoms with E-state index < -0.39 is 5.79 Å². The van der Waals surface area contributed by atoms with Gasteiger partial charge in [-0.05, 0) is 36.3 Å². The van der Waals surface area contributed by atoms with Crippen LogP contribution in [0.2, 0.25) is 0 Å². The van der Waals surface area contributed by atoms with Crippen molar-refractivity contribution in [1.82, 2.24) is 15.2 Å². The Bertz CT molecular complexity index is 871. The second-order valence-electron chi connectivity index (χ2n) is 7.26. The first-order valence-electron chi connectivity index (χ1n) is 9.73. The maximum atomic E-state index is 6.30. The maximum Gasteiger partial charge on any atom is 0.184 e. The van der Waals surface area contributed by atoms with Crippen LogP contribution in [0, 0.1) is 0 Å². The van der Waals surface area contributed by atoms with Crippen LogP contribution < -0.4 is 21.5 Å². The predicted molar refractivity (Wildman–Crippen MR) is 110 cm³/mol. The largest absolute Gasteiger partial charge is 0.492 e. The fourth-order valence-electron chi connectivity index (χ4n) is 3.60. The molecule has 0 aliphatic carbocycles. The van der Waals surface area contributed by atoms with E-state index >= 15 is 0 Å². The van der Waals surface area contributed by atoms with Crippen molar-refractivity contribution < 1.29 is 9.47 Å². The number of aliphatic imine (C=N–C) groups is 1. The van der Waals surface area contributed by atoms with Gasteiger partial charge in [-0.15, -0.1) is 0 Å². The minimum Gasteiger partial charge on any atom is -0.492 e. The number of morpholine rings is 1. The monoisotopic (exact) mass is 384 g/mol. The van der Waals surface area contributed by atoms with E-state index in [0.29, 0.717) is 18.9 Å². The summed E-state index contributed by atoms with van der Waals surface area (Å²) in [5.41, 5.74) is 14.3. The van der Waals surface area contributed by atoms with E-state index in [2.05, 4.69) is 32.3 Å². The Morgan fingerprint density at radius 2 is 2.14 bits per heavy atom. The molecule has 1 saturated heterocycles. The van der Waals surface area contributed by atoms with Crippen LogP contribution in [0.25, 0.3) is 10.9 Å². The van der Waals surface area contributed by atoms with Gasteiger partial charge in [-0.2, -0.15) is 0 Å². The van der Waals surface area contributed by atoms with Crippen molar-refractivity contribution in [3.05, 3.63) is 42.2 Å². The average Bonchev–Trinajstić information content (AvgIpc) is 3.10. The van der Waals surface area contributed by atoms with Gasteiger partial charge in [-0.1, -0.05) is 0 Å². The summed E-state index contributed by atoms with van der Waals surface area (Å²) in [6.07, 6.45) is 6.88. The molecule has 0 amide bonds. The summed E-state index contributed by atoms with van der Waals surface area (Å²) in [5.74, 6) is 0.454. The van der Waals surface area contributed by atoms with Gasteiger partial charge < -0.3 is 25.5 Å². The van der Waals surface area contributed by atoms with Gasteiger partial charge in [0.1, 0.15) is 18.2 Å². The number of ether oxygens (including phenoxy) is 2. The van der Waals surface area contributed by atoms with Crippen LogP contribution in [0.15, 0.2) is 41.7 Å². The molecule has 3 heterocycles. The summed E-state index contributed by atoms with van der Waals surface area (Å²) >= 11 is 0. The number of hydrogen-bond acceptors (Lipinski definition) is 7. The van der Waals surface area contributed by atoms with E-state index in [1.807, 2.05) is 12.3 Å². The van der Waals surface area contributed by atoms with Crippen molar-refractivity contribution in [3.63, 3.8) is 0 Å². The maximum absolute atomic E-state index is 6.30. The van der Waals surface area contributed by atoms with Gasteiger partial charge in [-0.25, -0.2) is 4.99 Å². The first-order valence-corrected chi connectivity index (χ1v) is 9.73. The van der Waals surface area contributed by atoms with Crippen molar-refractivity contribution in [2.75, 3.05) is 39.5 Å². The van der Waals surface area contributed by atoms with Crippen molar-refractivity contribution in [2.45, 2.75) is 18.6 Å². The van der Waals surface area contributed by atoms with Crippen LogP contribution in [-0.2, 0) is 11.2 Å². The van der Waals surface area contributed by atoms with Crippen LogP contribution in [-0.4, -0.2) is 61.0 Å². The van der Waals surface area contributed by atoms with E-state index in [-0.39, 0.29) is 0 Å². The van der Waals surface area contributed by atoms with Gasteiger partial charge in [-0.3, -0.25) is 10.6 Å². The molecule has 28 heavy (non-hydrogen) atoms. The summed E-state index contributed by atoms with van der Waals surface area (Å²) < 4.78 is 11.4. The molecule has 0 radical (unpaired) electrons. The Hall–Kier alpha value is -2.55. The van der Waals surface area contributed by atoms with Crippen molar-refractivity contribution >= 4 is 16.7 Å². The number of hydrogen-bond donors (Lipinski definition) is 4. The smallest absolute Gasteiger partial charge is 0.184 e. The molecule has 2 aliphatic rings. The van der Waals surface area contributed by atoms with Crippen LogP contribution in [0.1, 0.15) is 12.0 Å². The number of aryl methyl sites for hydroxylation is 1. The minimum absolute atomic E-state index is 0.441. The Kier molecular flexibility index (Phi) is 5.52. The van der Waals surface area contributed by atoms with Crippen molar-refractivity contribution in [3.8, 4) is 5.75 Å². The highest BCUT2D eigenvalue weighted by atomic mass is 16.5. The molecule has 8 nitrogen and oxygen atoms in total. The van der Waals surface area contributed by atoms with Crippen LogP contribution in [0.5, 0.6) is 5.75 Å². The fourth-order valence-corrected chi connectivity index (χ4v) is 3.60. The molecule has 1 aromatic heterocycles. The van der Waals surface area contributed by atoms with Gasteiger partial charge in [0.2, 0.25) is 0 Å². The van der Waals surface area contributed by atoms with E-state index in [9.17, 15) is 0 Å². The van der Waals surface area contributed by atoms with E-state index in [1.165, 1.54) is 5.56 Å². The molecule has 0 spiro atoms. The summed E-state index contributed by atoms with van der Waals surface area (Å²) in [7, 11) is 0. The molecule has 2 aromatic rings. The number of nitrogens with two attached hydrogens (primary N) is 2. The zero-order valence-corrected chi connectivity index (χ0v) is 16.0. The molecule has 1 atom stereocenters. The molecule has 150 valence electrons. The summed E-state index contributed by atoms with van der Waals surface area (Å²) in [6.45, 7) is 5.14. The summed E-state index contributed by atoms with van der Waals surface area (Å²) in [6, 6.07) is 6.15. The predicted octanol–water partition coefficient (Wildman–Crippen LogP) is 0.898. The highest BCUT2D eigenvalue weighted by molar-refractivity contribution is 5.92. The average molecular weight is 384 g/mol. The van der Waals surface area contributed by atoms with E-state index in [4.69, 9.17) is 20.9 Å². The Morgan fingerprint density at radius 1 is 1.29 bits per heavy atom. The molecule has 8 heteroatoms. The molecule has 1 aromatic carbocycles. The normalized spacial score (nSPS) is 22.8. The van der Waals surface area contributed by atoms with Crippen LogP contribution >= 0.6 is 0 Å². The summed E-state index contributed by atoms with van der Waals surface area (Å²) in [5, 5.41) is 4.24. The zero-order valence-electron chi connectivity index (χ0n) is 16.0. The van der Waals surface area contributed by atoms with Gasteiger partial charge in [0.25, 0.3) is 0 Å². The van der Waals surface area contributed by atoms with Crippen LogP contribution in [0.4, 0.5) is 0 Å². The first kappa shape index (κ1) is 18.8. The molecule has 0 bridgehead atoms. The number of rotatable bonds is 7. The molecular formula is C20H28N6O2. The lowest BCUT2D eigenvalue weighted by molar-refractivity contribution is 0.0322. The van der Waals surface area contributed by atoms with Crippen molar-refractivity contribution in [1.29, 1.82) is 0 Å². The third-order valence-electron chi connectivity index (χ3n) is 5.21. The van der Waals surface area contributed by atoms with Crippen molar-refractivity contribution in [2.24, 2.45) is 16.5 Å². The number of nitrogens with one attached hydrogen (secondary N) is 2. The standard InChI is InChI=1S/C20H28N6O2/c21-19-4-6-24-20(22,25-19)5-3-15-14-23-18-2-1-16(13-17(15)18)28-12-9-26-7-10-27-11-8-26/h1-2,4,6,13-14,23-24H,3,5,7-12,22H2,(H2,21,25). The number of benzene rings is 1. The molecule has 2 aliphatic heterocycles.